The molecule has 2 N–H and O–H groups in total. The topological polar surface area (TPSA) is 75.1 Å². The van der Waals surface area contributed by atoms with E-state index in [1.807, 2.05) is 0 Å². The molecule has 0 aliphatic heterocycles. The van der Waals surface area contributed by atoms with Gasteiger partial charge in [0.1, 0.15) is 11.4 Å². The molecular weight excluding hydrogens is 218 g/mol. The molecule has 15 heavy (non-hydrogen) atoms. The van der Waals surface area contributed by atoms with E-state index >= 15 is 0 Å². The van der Waals surface area contributed by atoms with Gasteiger partial charge in [-0.05, 0) is 31.0 Å². The Morgan fingerprint density at radius 3 is 2.87 bits per heavy atom. The standard InChI is InChI=1S/C9H12ClN3O2/c1-3-9(2,7(14)15)13-6-4-5-11-8(10)12-6/h4-5H,3H2,1-2H3,(H,14,15)(H,11,12,13). The van der Waals surface area contributed by atoms with Crippen LogP contribution in [-0.2, 0) is 4.79 Å². The van der Waals surface area contributed by atoms with Gasteiger partial charge in [0.2, 0.25) is 5.28 Å². The van der Waals surface area contributed by atoms with Crippen molar-refractivity contribution >= 4 is 23.4 Å². The first-order chi connectivity index (χ1) is 6.98. The van der Waals surface area contributed by atoms with Crippen molar-refractivity contribution in [2.24, 2.45) is 0 Å². The van der Waals surface area contributed by atoms with E-state index in [9.17, 15) is 4.79 Å². The predicted octanol–water partition coefficient (Wildman–Crippen LogP) is 1.80. The van der Waals surface area contributed by atoms with Crippen LogP contribution in [0, 0.1) is 0 Å². The highest BCUT2D eigenvalue weighted by Gasteiger charge is 2.31. The number of hydrogen-bond donors (Lipinski definition) is 2. The van der Waals surface area contributed by atoms with Crippen molar-refractivity contribution in [3.05, 3.63) is 17.5 Å². The van der Waals surface area contributed by atoms with Crippen molar-refractivity contribution in [1.29, 1.82) is 0 Å². The van der Waals surface area contributed by atoms with Crippen molar-refractivity contribution in [1.82, 2.24) is 9.97 Å². The number of rotatable bonds is 4. The molecule has 0 bridgehead atoms. The SMILES string of the molecule is CCC(C)(Nc1ccnc(Cl)n1)C(=O)O. The van der Waals surface area contributed by atoms with Crippen LogP contribution in [0.4, 0.5) is 5.82 Å². The number of carboxylic acids is 1. The van der Waals surface area contributed by atoms with Gasteiger partial charge in [-0.25, -0.2) is 14.8 Å². The second-order valence-corrected chi connectivity index (χ2v) is 3.66. The monoisotopic (exact) mass is 229 g/mol. The molecule has 5 nitrogen and oxygen atoms in total. The number of hydrogen-bond acceptors (Lipinski definition) is 4. The van der Waals surface area contributed by atoms with Crippen LogP contribution < -0.4 is 5.32 Å². The van der Waals surface area contributed by atoms with Crippen LogP contribution in [0.3, 0.4) is 0 Å². The van der Waals surface area contributed by atoms with Gasteiger partial charge < -0.3 is 10.4 Å². The highest BCUT2D eigenvalue weighted by molar-refractivity contribution is 6.28. The summed E-state index contributed by atoms with van der Waals surface area (Å²) in [6.07, 6.45) is 1.90. The number of halogens is 1. The average molecular weight is 230 g/mol. The predicted molar refractivity (Wildman–Crippen MR) is 57.0 cm³/mol. The molecule has 1 rings (SSSR count). The second-order valence-electron chi connectivity index (χ2n) is 3.33. The average Bonchev–Trinajstić information content (AvgIpc) is 2.17. The van der Waals surface area contributed by atoms with Crippen molar-refractivity contribution in [2.45, 2.75) is 25.8 Å². The van der Waals surface area contributed by atoms with Crippen LogP contribution in [0.15, 0.2) is 12.3 Å². The van der Waals surface area contributed by atoms with Gasteiger partial charge in [-0.15, -0.1) is 0 Å². The fourth-order valence-corrected chi connectivity index (χ4v) is 1.13. The van der Waals surface area contributed by atoms with E-state index in [1.165, 1.54) is 6.20 Å². The molecule has 0 saturated carbocycles. The number of aromatic nitrogens is 2. The minimum absolute atomic E-state index is 0.0869. The fraction of sp³-hybridized carbons (Fsp3) is 0.444. The summed E-state index contributed by atoms with van der Waals surface area (Å²) in [5, 5.41) is 11.9. The maximum Gasteiger partial charge on any atom is 0.329 e. The van der Waals surface area contributed by atoms with Gasteiger partial charge in [-0.3, -0.25) is 0 Å². The van der Waals surface area contributed by atoms with Gasteiger partial charge in [0.05, 0.1) is 0 Å². The third-order valence-electron chi connectivity index (χ3n) is 2.21. The number of nitrogens with one attached hydrogen (secondary N) is 1. The zero-order chi connectivity index (χ0) is 11.5. The molecule has 0 spiro atoms. The summed E-state index contributed by atoms with van der Waals surface area (Å²) in [7, 11) is 0. The summed E-state index contributed by atoms with van der Waals surface area (Å²) in [4.78, 5) is 18.6. The third kappa shape index (κ3) is 2.79. The number of carbonyl (C=O) groups is 1. The maximum absolute atomic E-state index is 11.0. The molecule has 1 aromatic rings. The van der Waals surface area contributed by atoms with Crippen LogP contribution >= 0.6 is 11.6 Å². The molecule has 0 amide bonds. The highest BCUT2D eigenvalue weighted by atomic mass is 35.5. The molecule has 0 saturated heterocycles. The summed E-state index contributed by atoms with van der Waals surface area (Å²) >= 11 is 5.59. The Morgan fingerprint density at radius 2 is 2.40 bits per heavy atom. The van der Waals surface area contributed by atoms with Crippen LogP contribution in [-0.4, -0.2) is 26.6 Å². The van der Waals surface area contributed by atoms with E-state index in [2.05, 4.69) is 15.3 Å². The van der Waals surface area contributed by atoms with E-state index in [0.717, 1.165) is 0 Å². The lowest BCUT2D eigenvalue weighted by Crippen LogP contribution is -2.42. The van der Waals surface area contributed by atoms with Crippen molar-refractivity contribution < 1.29 is 9.90 Å². The zero-order valence-electron chi connectivity index (χ0n) is 8.49. The first-order valence-corrected chi connectivity index (χ1v) is 4.86. The molecular formula is C9H12ClN3O2. The molecule has 0 aromatic carbocycles. The minimum Gasteiger partial charge on any atom is -0.480 e. The van der Waals surface area contributed by atoms with E-state index in [-0.39, 0.29) is 5.28 Å². The van der Waals surface area contributed by atoms with E-state index in [0.29, 0.717) is 12.2 Å². The van der Waals surface area contributed by atoms with Gasteiger partial charge >= 0.3 is 5.97 Å². The Labute approximate surface area is 92.5 Å². The van der Waals surface area contributed by atoms with Crippen LogP contribution in [0.2, 0.25) is 5.28 Å². The largest absolute Gasteiger partial charge is 0.480 e. The Balaban J connectivity index is 2.89. The first-order valence-electron chi connectivity index (χ1n) is 4.48. The molecule has 1 heterocycles. The molecule has 0 fully saturated rings. The van der Waals surface area contributed by atoms with Gasteiger partial charge in [-0.2, -0.15) is 0 Å². The van der Waals surface area contributed by atoms with Crippen LogP contribution in [0.1, 0.15) is 20.3 Å². The summed E-state index contributed by atoms with van der Waals surface area (Å²) in [5.41, 5.74) is -1.04. The lowest BCUT2D eigenvalue weighted by Gasteiger charge is -2.24. The lowest BCUT2D eigenvalue weighted by molar-refractivity contribution is -0.141. The molecule has 6 heteroatoms. The number of carboxylic acid groups (broad SMARTS) is 1. The highest BCUT2D eigenvalue weighted by Crippen LogP contribution is 2.17. The van der Waals surface area contributed by atoms with E-state index < -0.39 is 11.5 Å². The number of nitrogens with zero attached hydrogens (tertiary/aromatic N) is 2. The molecule has 82 valence electrons. The second kappa shape index (κ2) is 4.44. The van der Waals surface area contributed by atoms with Crippen molar-refractivity contribution in [3.8, 4) is 0 Å². The van der Waals surface area contributed by atoms with Gasteiger partial charge in [-0.1, -0.05) is 6.92 Å². The Bertz CT molecular complexity index is 372. The zero-order valence-corrected chi connectivity index (χ0v) is 9.25. The molecule has 1 atom stereocenters. The minimum atomic E-state index is -1.04. The Kier molecular flexibility index (Phi) is 3.47. The fourth-order valence-electron chi connectivity index (χ4n) is 0.980. The number of aliphatic carboxylic acids is 1. The van der Waals surface area contributed by atoms with Gasteiger partial charge in [0.15, 0.2) is 0 Å². The smallest absolute Gasteiger partial charge is 0.329 e. The van der Waals surface area contributed by atoms with Crippen molar-refractivity contribution in [3.63, 3.8) is 0 Å². The molecule has 1 unspecified atom stereocenters. The molecule has 0 radical (unpaired) electrons. The number of anilines is 1. The molecule has 1 aromatic heterocycles. The molecule has 0 aliphatic rings. The first kappa shape index (κ1) is 11.7. The summed E-state index contributed by atoms with van der Waals surface area (Å²) in [5.74, 6) is -0.526. The summed E-state index contributed by atoms with van der Waals surface area (Å²) in [6.45, 7) is 3.37. The normalized spacial score (nSPS) is 14.3. The summed E-state index contributed by atoms with van der Waals surface area (Å²) < 4.78 is 0. The van der Waals surface area contributed by atoms with Gasteiger partial charge in [0, 0.05) is 6.20 Å². The van der Waals surface area contributed by atoms with E-state index in [4.69, 9.17) is 16.7 Å². The molecule has 0 aliphatic carbocycles. The third-order valence-corrected chi connectivity index (χ3v) is 2.39. The quantitative estimate of drug-likeness (QED) is 0.770. The van der Waals surface area contributed by atoms with Crippen LogP contribution in [0.25, 0.3) is 0 Å². The lowest BCUT2D eigenvalue weighted by atomic mass is 9.99. The van der Waals surface area contributed by atoms with E-state index in [1.54, 1.807) is 19.9 Å². The Morgan fingerprint density at radius 1 is 1.73 bits per heavy atom. The Hall–Kier alpha value is -1.36. The summed E-state index contributed by atoms with van der Waals surface area (Å²) in [6, 6.07) is 1.57. The van der Waals surface area contributed by atoms with Crippen molar-refractivity contribution in [2.75, 3.05) is 5.32 Å². The maximum atomic E-state index is 11.0. The van der Waals surface area contributed by atoms with Crippen LogP contribution in [0.5, 0.6) is 0 Å². The van der Waals surface area contributed by atoms with Gasteiger partial charge in [0.25, 0.3) is 0 Å².